The standard InChI is InChI=1S/C13H10N2O2S2/c1-7-9-5-10(13(16)17)19-12(9)15-11(14-7)4-8-2-3-18-6-8/h2-3,5-6H,1,4H2,(H,14,15)(H,16,17). The van der Waals surface area contributed by atoms with Gasteiger partial charge < -0.3 is 10.4 Å². The molecule has 0 atom stereocenters. The van der Waals surface area contributed by atoms with Gasteiger partial charge in [-0.15, -0.1) is 11.3 Å². The van der Waals surface area contributed by atoms with Gasteiger partial charge in [0.05, 0.1) is 0 Å². The van der Waals surface area contributed by atoms with Crippen LogP contribution >= 0.6 is 22.7 Å². The molecule has 1 aliphatic heterocycles. The number of nitrogens with zero attached hydrogens (tertiary/aromatic N) is 1. The Morgan fingerprint density at radius 1 is 1.53 bits per heavy atom. The van der Waals surface area contributed by atoms with Crippen LogP contribution in [-0.2, 0) is 6.42 Å². The number of aliphatic imine (C=N–C) groups is 1. The summed E-state index contributed by atoms with van der Waals surface area (Å²) in [5.74, 6) is -0.128. The Balaban J connectivity index is 1.94. The van der Waals surface area contributed by atoms with Crippen LogP contribution in [0, 0.1) is 0 Å². The Bertz CT molecular complexity index is 684. The molecule has 0 amide bonds. The third kappa shape index (κ3) is 2.32. The highest BCUT2D eigenvalue weighted by atomic mass is 32.1. The number of aromatic carboxylic acids is 1. The zero-order chi connectivity index (χ0) is 13.4. The molecule has 19 heavy (non-hydrogen) atoms. The highest BCUT2D eigenvalue weighted by molar-refractivity contribution is 7.18. The number of fused-ring (bicyclic) bond motifs is 1. The fourth-order valence-corrected chi connectivity index (χ4v) is 3.44. The average molecular weight is 290 g/mol. The summed E-state index contributed by atoms with van der Waals surface area (Å²) >= 11 is 2.82. The van der Waals surface area contributed by atoms with Gasteiger partial charge in [-0.2, -0.15) is 11.3 Å². The molecule has 6 heteroatoms. The maximum atomic E-state index is 11.0. The number of hydrogen-bond acceptors (Lipinski definition) is 5. The fraction of sp³-hybridized carbons (Fsp3) is 0.0769. The minimum atomic E-state index is -0.929. The summed E-state index contributed by atoms with van der Waals surface area (Å²) in [6, 6.07) is 3.66. The van der Waals surface area contributed by atoms with E-state index in [-0.39, 0.29) is 4.88 Å². The van der Waals surface area contributed by atoms with Gasteiger partial charge >= 0.3 is 5.97 Å². The van der Waals surface area contributed by atoms with Crippen LogP contribution in [0.15, 0.2) is 34.5 Å². The van der Waals surface area contributed by atoms with Crippen LogP contribution < -0.4 is 5.32 Å². The Morgan fingerprint density at radius 3 is 3.05 bits per heavy atom. The first-order chi connectivity index (χ1) is 9.13. The van der Waals surface area contributed by atoms with Gasteiger partial charge in [0.1, 0.15) is 15.7 Å². The Hall–Kier alpha value is -1.92. The summed E-state index contributed by atoms with van der Waals surface area (Å²) in [5.41, 5.74) is 2.66. The largest absolute Gasteiger partial charge is 0.477 e. The molecule has 0 saturated carbocycles. The molecule has 0 aromatic carbocycles. The molecule has 1 aliphatic rings. The van der Waals surface area contributed by atoms with Crippen molar-refractivity contribution in [3.05, 3.63) is 45.5 Å². The molecule has 0 unspecified atom stereocenters. The minimum Gasteiger partial charge on any atom is -0.477 e. The van der Waals surface area contributed by atoms with Crippen LogP contribution in [0.4, 0.5) is 5.00 Å². The highest BCUT2D eigenvalue weighted by Crippen LogP contribution is 2.36. The number of thiophene rings is 2. The number of hydrogen-bond donors (Lipinski definition) is 2. The molecule has 0 bridgehead atoms. The van der Waals surface area contributed by atoms with Crippen molar-refractivity contribution in [3.8, 4) is 0 Å². The van der Waals surface area contributed by atoms with E-state index >= 15 is 0 Å². The molecule has 3 rings (SSSR count). The summed E-state index contributed by atoms with van der Waals surface area (Å²) in [4.78, 5) is 15.7. The Morgan fingerprint density at radius 2 is 2.37 bits per heavy atom. The molecule has 0 saturated heterocycles. The van der Waals surface area contributed by atoms with Gasteiger partial charge in [0, 0.05) is 17.7 Å². The molecule has 3 heterocycles. The van der Waals surface area contributed by atoms with E-state index in [0.717, 1.165) is 11.4 Å². The third-order valence-corrected chi connectivity index (χ3v) is 4.48. The average Bonchev–Trinajstić information content (AvgIpc) is 2.97. The molecule has 4 nitrogen and oxygen atoms in total. The van der Waals surface area contributed by atoms with Crippen LogP contribution in [0.3, 0.4) is 0 Å². The van der Waals surface area contributed by atoms with Crippen molar-refractivity contribution in [3.63, 3.8) is 0 Å². The maximum Gasteiger partial charge on any atom is 0.345 e. The third-order valence-electron chi connectivity index (χ3n) is 2.73. The van der Waals surface area contributed by atoms with E-state index in [1.165, 1.54) is 16.9 Å². The number of carboxylic acid groups (broad SMARTS) is 1. The fourth-order valence-electron chi connectivity index (χ4n) is 1.85. The zero-order valence-electron chi connectivity index (χ0n) is 9.84. The Labute approximate surface area is 117 Å². The molecule has 0 fully saturated rings. The van der Waals surface area contributed by atoms with Gasteiger partial charge in [0.15, 0.2) is 0 Å². The van der Waals surface area contributed by atoms with Crippen molar-refractivity contribution in [2.75, 3.05) is 0 Å². The number of rotatable bonds is 3. The predicted molar refractivity (Wildman–Crippen MR) is 78.6 cm³/mol. The smallest absolute Gasteiger partial charge is 0.345 e. The molecular formula is C13H10N2O2S2. The molecule has 0 radical (unpaired) electrons. The molecule has 96 valence electrons. The first kappa shape index (κ1) is 12.1. The lowest BCUT2D eigenvalue weighted by Gasteiger charge is -2.16. The van der Waals surface area contributed by atoms with Crippen molar-refractivity contribution < 1.29 is 9.90 Å². The van der Waals surface area contributed by atoms with Crippen molar-refractivity contribution in [2.24, 2.45) is 4.99 Å². The molecule has 0 aliphatic carbocycles. The zero-order valence-corrected chi connectivity index (χ0v) is 11.5. The van der Waals surface area contributed by atoms with E-state index in [1.54, 1.807) is 17.4 Å². The molecule has 0 spiro atoms. The second-order valence-corrected chi connectivity index (χ2v) is 5.92. The lowest BCUT2D eigenvalue weighted by molar-refractivity contribution is 0.0702. The first-order valence-corrected chi connectivity index (χ1v) is 7.31. The van der Waals surface area contributed by atoms with Crippen LogP contribution in [0.5, 0.6) is 0 Å². The second-order valence-electron chi connectivity index (χ2n) is 4.11. The quantitative estimate of drug-likeness (QED) is 0.911. The minimum absolute atomic E-state index is 0.286. The van der Waals surface area contributed by atoms with Gasteiger partial charge in [0.2, 0.25) is 0 Å². The van der Waals surface area contributed by atoms with Gasteiger partial charge in [-0.3, -0.25) is 0 Å². The van der Waals surface area contributed by atoms with Gasteiger partial charge in [-0.25, -0.2) is 9.79 Å². The number of amidine groups is 1. The summed E-state index contributed by atoms with van der Waals surface area (Å²) in [7, 11) is 0. The summed E-state index contributed by atoms with van der Waals surface area (Å²) in [5, 5.41) is 16.9. The number of nitrogens with one attached hydrogen (secondary N) is 1. The summed E-state index contributed by atoms with van der Waals surface area (Å²) < 4.78 is 0. The van der Waals surface area contributed by atoms with Crippen LogP contribution in [-0.4, -0.2) is 16.9 Å². The summed E-state index contributed by atoms with van der Waals surface area (Å²) in [6.45, 7) is 3.93. The van der Waals surface area contributed by atoms with E-state index in [1.807, 2.05) is 11.4 Å². The number of carboxylic acids is 1. The summed E-state index contributed by atoms with van der Waals surface area (Å²) in [6.07, 6.45) is 0.697. The molecule has 2 aromatic rings. The highest BCUT2D eigenvalue weighted by Gasteiger charge is 2.20. The predicted octanol–water partition coefficient (Wildman–Crippen LogP) is 3.35. The monoisotopic (exact) mass is 290 g/mol. The van der Waals surface area contributed by atoms with E-state index < -0.39 is 5.97 Å². The van der Waals surface area contributed by atoms with Crippen molar-refractivity contribution in [1.82, 2.24) is 5.32 Å². The van der Waals surface area contributed by atoms with Gasteiger partial charge in [-0.1, -0.05) is 6.58 Å². The molecular weight excluding hydrogens is 280 g/mol. The van der Waals surface area contributed by atoms with Crippen molar-refractivity contribution >= 4 is 45.2 Å². The van der Waals surface area contributed by atoms with E-state index in [0.29, 0.717) is 17.1 Å². The Kier molecular flexibility index (Phi) is 2.96. The first-order valence-electron chi connectivity index (χ1n) is 5.55. The van der Waals surface area contributed by atoms with Crippen LogP contribution in [0.1, 0.15) is 20.8 Å². The van der Waals surface area contributed by atoms with Crippen LogP contribution in [0.25, 0.3) is 5.70 Å². The molecule has 2 N–H and O–H groups in total. The van der Waals surface area contributed by atoms with E-state index in [4.69, 9.17) is 5.11 Å². The van der Waals surface area contributed by atoms with Crippen molar-refractivity contribution in [2.45, 2.75) is 6.42 Å². The lowest BCUT2D eigenvalue weighted by atomic mass is 10.1. The SMILES string of the molecule is C=C1NC(Cc2ccsc2)=Nc2sc(C(=O)O)cc21. The maximum absolute atomic E-state index is 11.0. The van der Waals surface area contributed by atoms with E-state index in [9.17, 15) is 4.79 Å². The second kappa shape index (κ2) is 4.64. The van der Waals surface area contributed by atoms with Crippen molar-refractivity contribution in [1.29, 1.82) is 0 Å². The van der Waals surface area contributed by atoms with Crippen LogP contribution in [0.2, 0.25) is 0 Å². The topological polar surface area (TPSA) is 61.7 Å². The normalized spacial score (nSPS) is 13.7. The van der Waals surface area contributed by atoms with Gasteiger partial charge in [-0.05, 0) is 28.5 Å². The lowest BCUT2D eigenvalue weighted by Crippen LogP contribution is -2.25. The van der Waals surface area contributed by atoms with Gasteiger partial charge in [0.25, 0.3) is 0 Å². The number of carbonyl (C=O) groups is 1. The molecule has 2 aromatic heterocycles. The van der Waals surface area contributed by atoms with E-state index in [2.05, 4.69) is 22.3 Å².